The third kappa shape index (κ3) is 5.19. The van der Waals surface area contributed by atoms with Crippen LogP contribution in [0.15, 0.2) is 117 Å². The topological polar surface area (TPSA) is 121 Å². The van der Waals surface area contributed by atoms with Crippen LogP contribution in [0.1, 0.15) is 40.3 Å². The van der Waals surface area contributed by atoms with Crippen molar-refractivity contribution in [1.82, 2.24) is 4.57 Å². The SMILES string of the molecule is Cc1ccc(S(=O)(=O)Oc2ccc(/C=c3\sc4n(c3=O)[C@@H](c3ccccc3)C3=C(N=4)c4ccccc4CC3)cc2)cc1[N+](=O)[O-]. The second-order valence-electron chi connectivity index (χ2n) is 10.8. The third-order valence-electron chi connectivity index (χ3n) is 8.04. The van der Waals surface area contributed by atoms with Crippen LogP contribution in [0.5, 0.6) is 5.75 Å². The molecule has 45 heavy (non-hydrogen) atoms. The number of rotatable bonds is 6. The maximum atomic E-state index is 13.9. The van der Waals surface area contributed by atoms with Crippen LogP contribution in [0, 0.1) is 17.0 Å². The van der Waals surface area contributed by atoms with Crippen LogP contribution < -0.4 is 19.1 Å². The van der Waals surface area contributed by atoms with Gasteiger partial charge >= 0.3 is 10.1 Å². The fourth-order valence-corrected chi connectivity index (χ4v) is 7.80. The van der Waals surface area contributed by atoms with E-state index in [1.807, 2.05) is 42.5 Å². The lowest BCUT2D eigenvalue weighted by Gasteiger charge is -2.30. The number of nitro benzene ring substituents is 1. The zero-order valence-electron chi connectivity index (χ0n) is 23.9. The highest BCUT2D eigenvalue weighted by Gasteiger charge is 2.32. The number of aromatic nitrogens is 1. The molecule has 224 valence electrons. The van der Waals surface area contributed by atoms with E-state index >= 15 is 0 Å². The summed E-state index contributed by atoms with van der Waals surface area (Å²) in [5, 5.41) is 11.3. The number of nitrogens with zero attached hydrogens (tertiary/aromatic N) is 3. The molecule has 4 aromatic carbocycles. The quantitative estimate of drug-likeness (QED) is 0.142. The average molecular weight is 636 g/mol. The first-order chi connectivity index (χ1) is 21.7. The summed E-state index contributed by atoms with van der Waals surface area (Å²) in [5.41, 5.74) is 5.97. The van der Waals surface area contributed by atoms with Gasteiger partial charge in [0.25, 0.3) is 11.2 Å². The molecule has 0 N–H and O–H groups in total. The van der Waals surface area contributed by atoms with Crippen LogP contribution >= 0.6 is 11.3 Å². The molecule has 2 heterocycles. The number of allylic oxidation sites excluding steroid dienone is 1. The molecule has 0 spiro atoms. The first-order valence-corrected chi connectivity index (χ1v) is 16.4. The largest absolute Gasteiger partial charge is 0.379 e. The summed E-state index contributed by atoms with van der Waals surface area (Å²) < 4.78 is 33.2. The molecule has 1 aromatic heterocycles. The Bertz CT molecular complexity index is 2320. The Balaban J connectivity index is 1.25. The molecule has 5 aromatic rings. The number of hydrogen-bond donors (Lipinski definition) is 0. The van der Waals surface area contributed by atoms with Crippen molar-refractivity contribution in [3.8, 4) is 5.75 Å². The molecule has 0 bridgehead atoms. The highest BCUT2D eigenvalue weighted by molar-refractivity contribution is 7.87. The van der Waals surface area contributed by atoms with Gasteiger partial charge in [0.05, 0.1) is 21.2 Å². The van der Waals surface area contributed by atoms with E-state index in [1.165, 1.54) is 48.1 Å². The number of fused-ring (bicyclic) bond motifs is 3. The van der Waals surface area contributed by atoms with E-state index in [9.17, 15) is 23.3 Å². The maximum Gasteiger partial charge on any atom is 0.339 e. The molecule has 0 saturated carbocycles. The zero-order chi connectivity index (χ0) is 31.3. The molecule has 0 amide bonds. The Morgan fingerprint density at radius 2 is 1.71 bits per heavy atom. The summed E-state index contributed by atoms with van der Waals surface area (Å²) in [6.07, 6.45) is 3.44. The minimum atomic E-state index is -4.31. The fraction of sp³-hybridized carbons (Fsp3) is 0.118. The van der Waals surface area contributed by atoms with Crippen molar-refractivity contribution in [3.63, 3.8) is 0 Å². The van der Waals surface area contributed by atoms with Gasteiger partial charge in [-0.1, -0.05) is 84.1 Å². The average Bonchev–Trinajstić information content (AvgIpc) is 3.35. The van der Waals surface area contributed by atoms with Gasteiger partial charge in [-0.15, -0.1) is 0 Å². The van der Waals surface area contributed by atoms with Crippen molar-refractivity contribution in [1.29, 1.82) is 0 Å². The number of benzene rings is 4. The Hall–Kier alpha value is -5.13. The molecule has 7 rings (SSSR count). The van der Waals surface area contributed by atoms with Crippen molar-refractivity contribution in [2.75, 3.05) is 0 Å². The van der Waals surface area contributed by atoms with Gasteiger partial charge in [0.15, 0.2) is 4.80 Å². The smallest absolute Gasteiger partial charge is 0.339 e. The number of thiazole rings is 1. The van der Waals surface area contributed by atoms with Gasteiger partial charge in [0.2, 0.25) is 0 Å². The van der Waals surface area contributed by atoms with Gasteiger partial charge in [-0.25, -0.2) is 4.99 Å². The normalized spacial score (nSPS) is 15.9. The summed E-state index contributed by atoms with van der Waals surface area (Å²) in [6.45, 7) is 1.53. The second-order valence-corrected chi connectivity index (χ2v) is 13.4. The van der Waals surface area contributed by atoms with Crippen molar-refractivity contribution in [3.05, 3.63) is 160 Å². The van der Waals surface area contributed by atoms with Crippen LogP contribution in [0.25, 0.3) is 11.8 Å². The Labute approximate surface area is 262 Å². The van der Waals surface area contributed by atoms with Gasteiger partial charge in [0, 0.05) is 17.2 Å². The lowest BCUT2D eigenvalue weighted by atomic mass is 9.83. The Morgan fingerprint density at radius 1 is 0.978 bits per heavy atom. The van der Waals surface area contributed by atoms with Crippen molar-refractivity contribution in [2.24, 2.45) is 4.99 Å². The molecule has 0 fully saturated rings. The molecule has 0 unspecified atom stereocenters. The van der Waals surface area contributed by atoms with Crippen LogP contribution in [-0.4, -0.2) is 17.9 Å². The lowest BCUT2D eigenvalue weighted by molar-refractivity contribution is -0.385. The highest BCUT2D eigenvalue weighted by atomic mass is 32.2. The van der Waals surface area contributed by atoms with E-state index in [-0.39, 0.29) is 27.9 Å². The summed E-state index contributed by atoms with van der Waals surface area (Å²) in [7, 11) is -4.31. The number of aryl methyl sites for hydroxylation is 2. The monoisotopic (exact) mass is 635 g/mol. The predicted octanol–water partition coefficient (Wildman–Crippen LogP) is 5.30. The molecule has 2 aliphatic rings. The maximum absolute atomic E-state index is 13.9. The predicted molar refractivity (Wildman–Crippen MR) is 171 cm³/mol. The molecular formula is C34H25N3O6S2. The molecular weight excluding hydrogens is 611 g/mol. The highest BCUT2D eigenvalue weighted by Crippen LogP contribution is 2.41. The standard InChI is InChI=1S/C34H25N3O6S2/c1-21-11-17-26(20-29(21)37(39)40)45(41,42)43-25-15-12-22(13-16-25)19-30-33(38)36-32(24-8-3-2-4-9-24)28-18-14-23-7-5-6-10-27(23)31(28)35-34(36)44-30/h2-13,15-17,19-20,32H,14,18H2,1H3/b30-19-/t32-/m0/s1. The first-order valence-electron chi connectivity index (χ1n) is 14.2. The minimum absolute atomic E-state index is 0.0345. The van der Waals surface area contributed by atoms with E-state index in [0.29, 0.717) is 20.5 Å². The molecule has 1 aliphatic heterocycles. The molecule has 0 saturated heterocycles. The van der Waals surface area contributed by atoms with Crippen LogP contribution in [0.3, 0.4) is 0 Å². The lowest BCUT2D eigenvalue weighted by Crippen LogP contribution is -2.38. The zero-order valence-corrected chi connectivity index (χ0v) is 25.5. The van der Waals surface area contributed by atoms with Gasteiger partial charge < -0.3 is 4.18 Å². The van der Waals surface area contributed by atoms with Gasteiger partial charge in [0.1, 0.15) is 10.6 Å². The van der Waals surface area contributed by atoms with E-state index in [2.05, 4.69) is 12.1 Å². The minimum Gasteiger partial charge on any atom is -0.379 e. The van der Waals surface area contributed by atoms with E-state index in [0.717, 1.165) is 41.3 Å². The van der Waals surface area contributed by atoms with Crippen molar-refractivity contribution < 1.29 is 17.5 Å². The first kappa shape index (κ1) is 28.6. The summed E-state index contributed by atoms with van der Waals surface area (Å²) in [6, 6.07) is 27.9. The van der Waals surface area contributed by atoms with E-state index < -0.39 is 15.0 Å². The van der Waals surface area contributed by atoms with Crippen LogP contribution in [0.2, 0.25) is 0 Å². The third-order valence-corrected chi connectivity index (χ3v) is 10.3. The molecule has 11 heteroatoms. The summed E-state index contributed by atoms with van der Waals surface area (Å²) >= 11 is 1.31. The Morgan fingerprint density at radius 3 is 2.47 bits per heavy atom. The van der Waals surface area contributed by atoms with E-state index in [1.54, 1.807) is 22.8 Å². The van der Waals surface area contributed by atoms with Crippen molar-refractivity contribution >= 4 is 38.9 Å². The summed E-state index contributed by atoms with van der Waals surface area (Å²) in [4.78, 5) is 29.9. The van der Waals surface area contributed by atoms with E-state index in [4.69, 9.17) is 9.18 Å². The summed E-state index contributed by atoms with van der Waals surface area (Å²) in [5.74, 6) is 0.0345. The molecule has 1 aliphatic carbocycles. The molecule has 9 nitrogen and oxygen atoms in total. The molecule has 1 atom stereocenters. The van der Waals surface area contributed by atoms with Gasteiger partial charge in [-0.2, -0.15) is 8.42 Å². The van der Waals surface area contributed by atoms with Gasteiger partial charge in [-0.3, -0.25) is 19.5 Å². The fourth-order valence-electron chi connectivity index (χ4n) is 5.84. The number of nitro groups is 1. The van der Waals surface area contributed by atoms with Crippen molar-refractivity contribution in [2.45, 2.75) is 30.7 Å². The van der Waals surface area contributed by atoms with Crippen LogP contribution in [0.4, 0.5) is 5.69 Å². The number of hydrogen-bond acceptors (Lipinski definition) is 8. The Kier molecular flexibility index (Phi) is 7.06. The van der Waals surface area contributed by atoms with Gasteiger partial charge in [-0.05, 0) is 66.3 Å². The van der Waals surface area contributed by atoms with Crippen LogP contribution in [-0.2, 0) is 16.5 Å². The second kappa shape index (κ2) is 11.1. The molecule has 0 radical (unpaired) electrons.